The number of rotatable bonds is 0. The molecule has 0 atom stereocenters. The van der Waals surface area contributed by atoms with Crippen molar-refractivity contribution in [2.75, 3.05) is 6.67 Å². The minimum absolute atomic E-state index is 0.642. The summed E-state index contributed by atoms with van der Waals surface area (Å²) in [5.74, 6) is 0. The van der Waals surface area contributed by atoms with Gasteiger partial charge in [-0.25, -0.2) is 0 Å². The van der Waals surface area contributed by atoms with Crippen molar-refractivity contribution in [1.29, 1.82) is 0 Å². The number of allylic oxidation sites excluding steroid dienone is 1. The molecule has 0 fully saturated rings. The van der Waals surface area contributed by atoms with Crippen LogP contribution in [0.2, 0.25) is 0 Å². The summed E-state index contributed by atoms with van der Waals surface area (Å²) in [6.45, 7) is 2.64. The fourth-order valence-corrected chi connectivity index (χ4v) is 0.619. The van der Waals surface area contributed by atoms with Gasteiger partial charge in [0.15, 0.2) is 0 Å². The Morgan fingerprint density at radius 3 is 3.30 bits per heavy atom. The zero-order valence-corrected chi connectivity index (χ0v) is 5.96. The Bertz CT molecular complexity index is 179. The third-order valence-corrected chi connectivity index (χ3v) is 1.09. The van der Waals surface area contributed by atoms with Crippen molar-refractivity contribution < 1.29 is 0 Å². The third-order valence-electron chi connectivity index (χ3n) is 1.09. The molecule has 10 heavy (non-hydrogen) atoms. The monoisotopic (exact) mass is 137 g/mol. The fraction of sp³-hybridized carbons (Fsp3) is 0.286. The van der Waals surface area contributed by atoms with Gasteiger partial charge in [0.25, 0.3) is 0 Å². The molecule has 0 bridgehead atoms. The summed E-state index contributed by atoms with van der Waals surface area (Å²) in [5, 5.41) is 5.95. The summed E-state index contributed by atoms with van der Waals surface area (Å²) in [4.78, 5) is 4.08. The lowest BCUT2D eigenvalue weighted by molar-refractivity contribution is 0.883. The van der Waals surface area contributed by atoms with Crippen LogP contribution in [0.4, 0.5) is 0 Å². The molecular weight excluding hydrogens is 126 g/mol. The summed E-state index contributed by atoms with van der Waals surface area (Å²) < 4.78 is 0. The molecule has 0 aliphatic carbocycles. The van der Waals surface area contributed by atoms with Gasteiger partial charge in [0.2, 0.25) is 0 Å². The van der Waals surface area contributed by atoms with E-state index in [1.165, 1.54) is 0 Å². The topological polar surface area (TPSA) is 36.4 Å². The van der Waals surface area contributed by atoms with Gasteiger partial charge in [-0.15, -0.1) is 0 Å². The maximum Gasteiger partial charge on any atom is 0.107 e. The molecule has 0 spiro atoms. The van der Waals surface area contributed by atoms with Crippen LogP contribution in [0.1, 0.15) is 6.92 Å². The standard InChI is InChI=1S/C7H11N3/c1-7-4-8-2-3-9-6-10-5-7/h2-5,8-9H,6H2,1H3/b3-2-,7-4-,10-5-. The summed E-state index contributed by atoms with van der Waals surface area (Å²) >= 11 is 0. The first-order valence-electron chi connectivity index (χ1n) is 3.20. The molecule has 3 nitrogen and oxygen atoms in total. The van der Waals surface area contributed by atoms with Gasteiger partial charge in [-0.3, -0.25) is 4.99 Å². The molecular formula is C7H11N3. The molecule has 0 radical (unpaired) electrons. The molecule has 0 unspecified atom stereocenters. The van der Waals surface area contributed by atoms with Gasteiger partial charge in [-0.05, 0) is 12.5 Å². The van der Waals surface area contributed by atoms with Gasteiger partial charge in [0.05, 0.1) is 0 Å². The average Bonchev–Trinajstić information content (AvgIpc) is 2.02. The van der Waals surface area contributed by atoms with Gasteiger partial charge in [-0.2, -0.15) is 0 Å². The van der Waals surface area contributed by atoms with Crippen LogP contribution >= 0.6 is 0 Å². The third kappa shape index (κ3) is 2.35. The Balaban J connectivity index is 2.57. The van der Waals surface area contributed by atoms with E-state index in [4.69, 9.17) is 0 Å². The Morgan fingerprint density at radius 1 is 1.50 bits per heavy atom. The van der Waals surface area contributed by atoms with Crippen LogP contribution < -0.4 is 10.6 Å². The van der Waals surface area contributed by atoms with Crippen LogP contribution in [0.3, 0.4) is 0 Å². The summed E-state index contributed by atoms with van der Waals surface area (Å²) in [6, 6.07) is 0. The maximum absolute atomic E-state index is 4.08. The Hall–Kier alpha value is -1.25. The highest BCUT2D eigenvalue weighted by Crippen LogP contribution is 1.85. The molecule has 0 amide bonds. The van der Waals surface area contributed by atoms with E-state index in [-0.39, 0.29) is 0 Å². The van der Waals surface area contributed by atoms with Crippen molar-refractivity contribution in [1.82, 2.24) is 10.6 Å². The van der Waals surface area contributed by atoms with E-state index < -0.39 is 0 Å². The number of hydrogen-bond donors (Lipinski definition) is 2. The molecule has 1 aliphatic heterocycles. The molecule has 2 N–H and O–H groups in total. The van der Waals surface area contributed by atoms with Gasteiger partial charge in [-0.1, -0.05) is 0 Å². The van der Waals surface area contributed by atoms with Crippen LogP contribution in [0.5, 0.6) is 0 Å². The molecule has 0 aromatic carbocycles. The number of aliphatic imine (C=N–C) groups is 1. The first-order valence-corrected chi connectivity index (χ1v) is 3.20. The van der Waals surface area contributed by atoms with Gasteiger partial charge in [0, 0.05) is 24.8 Å². The Kier molecular flexibility index (Phi) is 2.55. The van der Waals surface area contributed by atoms with Gasteiger partial charge < -0.3 is 10.6 Å². The highest BCUT2D eigenvalue weighted by atomic mass is 15.0. The van der Waals surface area contributed by atoms with E-state index in [9.17, 15) is 0 Å². The van der Waals surface area contributed by atoms with Gasteiger partial charge in [0.1, 0.15) is 6.67 Å². The van der Waals surface area contributed by atoms with Crippen LogP contribution in [-0.2, 0) is 0 Å². The molecule has 0 aromatic heterocycles. The maximum atomic E-state index is 4.08. The number of nitrogens with zero attached hydrogens (tertiary/aromatic N) is 1. The summed E-state index contributed by atoms with van der Waals surface area (Å²) in [5.41, 5.74) is 1.12. The number of nitrogens with one attached hydrogen (secondary N) is 2. The van der Waals surface area contributed by atoms with E-state index in [2.05, 4.69) is 15.6 Å². The molecule has 0 saturated heterocycles. The predicted octanol–water partition coefficient (Wildman–Crippen LogP) is 0.582. The summed E-state index contributed by atoms with van der Waals surface area (Å²) in [6.07, 6.45) is 7.38. The highest BCUT2D eigenvalue weighted by Gasteiger charge is 1.82. The summed E-state index contributed by atoms with van der Waals surface area (Å²) in [7, 11) is 0. The molecule has 1 rings (SSSR count). The van der Waals surface area contributed by atoms with Crippen molar-refractivity contribution in [2.24, 2.45) is 4.99 Å². The van der Waals surface area contributed by atoms with E-state index in [1.807, 2.05) is 31.7 Å². The zero-order valence-electron chi connectivity index (χ0n) is 5.96. The quantitative estimate of drug-likeness (QED) is 0.512. The SMILES string of the molecule is CC1=C/N/C=C\NC/N=C\1. The van der Waals surface area contributed by atoms with Crippen LogP contribution in [-0.4, -0.2) is 12.9 Å². The zero-order chi connectivity index (χ0) is 7.23. The second kappa shape index (κ2) is 3.71. The fourth-order valence-electron chi connectivity index (χ4n) is 0.619. The Morgan fingerprint density at radius 2 is 2.40 bits per heavy atom. The average molecular weight is 137 g/mol. The second-order valence-corrected chi connectivity index (χ2v) is 2.06. The minimum Gasteiger partial charge on any atom is -0.371 e. The van der Waals surface area contributed by atoms with Crippen molar-refractivity contribution in [3.05, 3.63) is 24.2 Å². The van der Waals surface area contributed by atoms with Crippen molar-refractivity contribution in [2.45, 2.75) is 6.92 Å². The van der Waals surface area contributed by atoms with Crippen molar-refractivity contribution >= 4 is 6.21 Å². The molecule has 0 aromatic rings. The smallest absolute Gasteiger partial charge is 0.107 e. The van der Waals surface area contributed by atoms with E-state index in [0.717, 1.165) is 5.57 Å². The highest BCUT2D eigenvalue weighted by molar-refractivity contribution is 5.77. The first kappa shape index (κ1) is 6.86. The van der Waals surface area contributed by atoms with E-state index >= 15 is 0 Å². The lowest BCUT2D eigenvalue weighted by Crippen LogP contribution is -2.04. The molecule has 3 heteroatoms. The number of hydrogen-bond acceptors (Lipinski definition) is 3. The van der Waals surface area contributed by atoms with E-state index in [0.29, 0.717) is 6.67 Å². The van der Waals surface area contributed by atoms with Crippen LogP contribution in [0.25, 0.3) is 0 Å². The van der Waals surface area contributed by atoms with Crippen LogP contribution in [0.15, 0.2) is 29.2 Å². The van der Waals surface area contributed by atoms with Crippen molar-refractivity contribution in [3.8, 4) is 0 Å². The normalized spacial score (nSPS) is 29.1. The lowest BCUT2D eigenvalue weighted by atomic mass is 10.4. The van der Waals surface area contributed by atoms with Crippen LogP contribution in [0, 0.1) is 0 Å². The van der Waals surface area contributed by atoms with Crippen molar-refractivity contribution in [3.63, 3.8) is 0 Å². The largest absolute Gasteiger partial charge is 0.371 e. The molecule has 1 aliphatic rings. The second-order valence-electron chi connectivity index (χ2n) is 2.06. The van der Waals surface area contributed by atoms with E-state index in [1.54, 1.807) is 0 Å². The van der Waals surface area contributed by atoms with Gasteiger partial charge >= 0.3 is 0 Å². The molecule has 1 heterocycles. The minimum atomic E-state index is 0.642. The predicted molar refractivity (Wildman–Crippen MR) is 42.5 cm³/mol. The Labute approximate surface area is 60.5 Å². The molecule has 54 valence electrons. The lowest BCUT2D eigenvalue weighted by Gasteiger charge is -1.89. The first-order chi connectivity index (χ1) is 4.89. The molecule has 0 saturated carbocycles.